The maximum atomic E-state index is 13.0. The van der Waals surface area contributed by atoms with Gasteiger partial charge in [-0.05, 0) is 30.3 Å². The van der Waals surface area contributed by atoms with E-state index in [0.29, 0.717) is 17.0 Å². The third-order valence-electron chi connectivity index (χ3n) is 2.43. The number of benzene rings is 2. The lowest BCUT2D eigenvalue weighted by Gasteiger charge is -2.08. The van der Waals surface area contributed by atoms with Crippen molar-refractivity contribution >= 4 is 11.6 Å². The summed E-state index contributed by atoms with van der Waals surface area (Å²) >= 11 is 0. The molecule has 0 aliphatic heterocycles. The third kappa shape index (κ3) is 2.66. The molecule has 0 atom stereocenters. The van der Waals surface area contributed by atoms with E-state index in [1.807, 2.05) is 0 Å². The lowest BCUT2D eigenvalue weighted by molar-refractivity contribution is 0.102. The zero-order chi connectivity index (χ0) is 13.0. The summed E-state index contributed by atoms with van der Waals surface area (Å²) in [4.78, 5) is 12.0. The molecule has 0 heterocycles. The molecule has 92 valence electrons. The second-order valence-electron chi connectivity index (χ2n) is 3.66. The number of para-hydroxylation sites is 1. The number of rotatable bonds is 3. The first-order valence-electron chi connectivity index (χ1n) is 5.40. The maximum absolute atomic E-state index is 13.0. The monoisotopic (exact) mass is 245 g/mol. The van der Waals surface area contributed by atoms with Crippen molar-refractivity contribution in [2.75, 3.05) is 12.4 Å². The van der Waals surface area contributed by atoms with Crippen molar-refractivity contribution in [3.63, 3.8) is 0 Å². The van der Waals surface area contributed by atoms with Gasteiger partial charge in [0.25, 0.3) is 5.91 Å². The average molecular weight is 245 g/mol. The number of amides is 1. The van der Waals surface area contributed by atoms with E-state index < -0.39 is 5.82 Å². The number of carbonyl (C=O) groups is 1. The zero-order valence-electron chi connectivity index (χ0n) is 9.81. The Hall–Kier alpha value is -2.36. The van der Waals surface area contributed by atoms with E-state index in [4.69, 9.17) is 4.74 Å². The number of halogens is 1. The standard InChI is InChI=1S/C14H12FNO2/c1-18-13-8-3-2-7-12(13)14(17)16-11-6-4-5-10(15)9-11/h2-9H,1H3,(H,16,17). The Morgan fingerprint density at radius 1 is 1.17 bits per heavy atom. The lowest BCUT2D eigenvalue weighted by atomic mass is 10.2. The quantitative estimate of drug-likeness (QED) is 0.902. The van der Waals surface area contributed by atoms with Crippen molar-refractivity contribution in [1.82, 2.24) is 0 Å². The molecule has 0 aliphatic carbocycles. The molecule has 0 radical (unpaired) electrons. The number of hydrogen-bond acceptors (Lipinski definition) is 2. The van der Waals surface area contributed by atoms with Crippen LogP contribution in [0, 0.1) is 5.82 Å². The van der Waals surface area contributed by atoms with Gasteiger partial charge in [0, 0.05) is 5.69 Å². The van der Waals surface area contributed by atoms with Crippen molar-refractivity contribution in [3.05, 3.63) is 59.9 Å². The first-order chi connectivity index (χ1) is 8.70. The van der Waals surface area contributed by atoms with Crippen LogP contribution < -0.4 is 10.1 Å². The molecule has 2 aromatic carbocycles. The summed E-state index contributed by atoms with van der Waals surface area (Å²) in [5.74, 6) is -0.253. The second kappa shape index (κ2) is 5.31. The fourth-order valence-electron chi connectivity index (χ4n) is 1.60. The zero-order valence-corrected chi connectivity index (χ0v) is 9.81. The molecule has 2 aromatic rings. The normalized spacial score (nSPS) is 9.89. The Bertz CT molecular complexity index is 569. The van der Waals surface area contributed by atoms with Crippen LogP contribution in [0.3, 0.4) is 0 Å². The first-order valence-corrected chi connectivity index (χ1v) is 5.40. The van der Waals surface area contributed by atoms with Gasteiger partial charge in [0.2, 0.25) is 0 Å². The highest BCUT2D eigenvalue weighted by molar-refractivity contribution is 6.06. The molecular formula is C14H12FNO2. The van der Waals surface area contributed by atoms with E-state index >= 15 is 0 Å². The molecule has 3 nitrogen and oxygen atoms in total. The summed E-state index contributed by atoms with van der Waals surface area (Å²) in [6.45, 7) is 0. The van der Waals surface area contributed by atoms with E-state index in [-0.39, 0.29) is 5.91 Å². The lowest BCUT2D eigenvalue weighted by Crippen LogP contribution is -2.13. The number of methoxy groups -OCH3 is 1. The van der Waals surface area contributed by atoms with Gasteiger partial charge in [0.15, 0.2) is 0 Å². The van der Waals surface area contributed by atoms with E-state index in [9.17, 15) is 9.18 Å². The van der Waals surface area contributed by atoms with Crippen LogP contribution in [0.1, 0.15) is 10.4 Å². The smallest absolute Gasteiger partial charge is 0.259 e. The van der Waals surface area contributed by atoms with Crippen molar-refractivity contribution in [3.8, 4) is 5.75 Å². The molecule has 0 bridgehead atoms. The van der Waals surface area contributed by atoms with Crippen LogP contribution in [-0.2, 0) is 0 Å². The summed E-state index contributed by atoms with van der Waals surface area (Å²) < 4.78 is 18.1. The number of anilines is 1. The van der Waals surface area contributed by atoms with Crippen LogP contribution in [0.2, 0.25) is 0 Å². The van der Waals surface area contributed by atoms with Crippen molar-refractivity contribution in [2.45, 2.75) is 0 Å². The Balaban J connectivity index is 2.22. The van der Waals surface area contributed by atoms with Crippen LogP contribution in [0.4, 0.5) is 10.1 Å². The fourth-order valence-corrected chi connectivity index (χ4v) is 1.60. The third-order valence-corrected chi connectivity index (χ3v) is 2.43. The Labute approximate surface area is 104 Å². The molecular weight excluding hydrogens is 233 g/mol. The minimum absolute atomic E-state index is 0.335. The van der Waals surface area contributed by atoms with Crippen molar-refractivity contribution in [1.29, 1.82) is 0 Å². The minimum Gasteiger partial charge on any atom is -0.496 e. The van der Waals surface area contributed by atoms with Gasteiger partial charge in [-0.25, -0.2) is 4.39 Å². The van der Waals surface area contributed by atoms with Gasteiger partial charge in [-0.15, -0.1) is 0 Å². The van der Waals surface area contributed by atoms with Crippen LogP contribution in [0.5, 0.6) is 5.75 Å². The first kappa shape index (κ1) is 12.1. The van der Waals surface area contributed by atoms with Crippen LogP contribution >= 0.6 is 0 Å². The highest BCUT2D eigenvalue weighted by Crippen LogP contribution is 2.19. The Morgan fingerprint density at radius 3 is 2.67 bits per heavy atom. The second-order valence-corrected chi connectivity index (χ2v) is 3.66. The van der Waals surface area contributed by atoms with Gasteiger partial charge in [0.05, 0.1) is 12.7 Å². The van der Waals surface area contributed by atoms with E-state index in [0.717, 1.165) is 0 Å². The van der Waals surface area contributed by atoms with Crippen LogP contribution in [-0.4, -0.2) is 13.0 Å². The fraction of sp³-hybridized carbons (Fsp3) is 0.0714. The Morgan fingerprint density at radius 2 is 1.94 bits per heavy atom. The van der Waals surface area contributed by atoms with Crippen LogP contribution in [0.15, 0.2) is 48.5 Å². The van der Waals surface area contributed by atoms with Crippen molar-refractivity contribution < 1.29 is 13.9 Å². The summed E-state index contributed by atoms with van der Waals surface area (Å²) in [6.07, 6.45) is 0. The summed E-state index contributed by atoms with van der Waals surface area (Å²) in [5, 5.41) is 2.61. The van der Waals surface area contributed by atoms with E-state index in [1.165, 1.54) is 25.3 Å². The molecule has 0 saturated carbocycles. The highest BCUT2D eigenvalue weighted by atomic mass is 19.1. The van der Waals surface area contributed by atoms with Gasteiger partial charge >= 0.3 is 0 Å². The molecule has 0 aliphatic rings. The van der Waals surface area contributed by atoms with Gasteiger partial charge in [-0.3, -0.25) is 4.79 Å². The summed E-state index contributed by atoms with van der Waals surface area (Å²) in [7, 11) is 1.49. The molecule has 1 amide bonds. The summed E-state index contributed by atoms with van der Waals surface area (Å²) in [5.41, 5.74) is 0.815. The Kier molecular flexibility index (Phi) is 3.57. The molecule has 18 heavy (non-hydrogen) atoms. The SMILES string of the molecule is COc1ccccc1C(=O)Nc1cccc(F)c1. The maximum Gasteiger partial charge on any atom is 0.259 e. The molecule has 0 unspecified atom stereocenters. The molecule has 0 fully saturated rings. The highest BCUT2D eigenvalue weighted by Gasteiger charge is 2.11. The molecule has 1 N–H and O–H groups in total. The number of ether oxygens (including phenoxy) is 1. The molecule has 0 aromatic heterocycles. The van der Waals surface area contributed by atoms with Gasteiger partial charge in [0.1, 0.15) is 11.6 Å². The molecule has 0 spiro atoms. The van der Waals surface area contributed by atoms with Gasteiger partial charge in [-0.1, -0.05) is 18.2 Å². The largest absolute Gasteiger partial charge is 0.496 e. The van der Waals surface area contributed by atoms with Gasteiger partial charge in [-0.2, -0.15) is 0 Å². The molecule has 0 saturated heterocycles. The average Bonchev–Trinajstić information content (AvgIpc) is 2.38. The predicted molar refractivity (Wildman–Crippen MR) is 67.3 cm³/mol. The van der Waals surface area contributed by atoms with E-state index in [1.54, 1.807) is 30.3 Å². The topological polar surface area (TPSA) is 38.3 Å². The molecule has 2 rings (SSSR count). The minimum atomic E-state index is -0.396. The number of hydrogen-bond donors (Lipinski definition) is 1. The number of nitrogens with one attached hydrogen (secondary N) is 1. The molecule has 4 heteroatoms. The van der Waals surface area contributed by atoms with Crippen LogP contribution in [0.25, 0.3) is 0 Å². The van der Waals surface area contributed by atoms with E-state index in [2.05, 4.69) is 5.32 Å². The predicted octanol–water partition coefficient (Wildman–Crippen LogP) is 3.09. The van der Waals surface area contributed by atoms with Crippen molar-refractivity contribution in [2.24, 2.45) is 0 Å². The number of carbonyl (C=O) groups excluding carboxylic acids is 1. The summed E-state index contributed by atoms with van der Waals surface area (Å²) in [6, 6.07) is 12.6. The van der Waals surface area contributed by atoms with Gasteiger partial charge < -0.3 is 10.1 Å².